The average molecular weight is 290 g/mol. The zero-order valence-corrected chi connectivity index (χ0v) is 11.9. The van der Waals surface area contributed by atoms with E-state index < -0.39 is 23.5 Å². The minimum Gasteiger partial charge on any atom is -0.366 e. The van der Waals surface area contributed by atoms with Gasteiger partial charge in [-0.05, 0) is 31.0 Å². The third-order valence-electron chi connectivity index (χ3n) is 3.21. The third-order valence-corrected chi connectivity index (χ3v) is 3.21. The number of hydrogen-bond donors (Lipinski definition) is 0. The lowest BCUT2D eigenvalue weighted by Crippen LogP contribution is -2.18. The number of ketones is 1. The molecule has 0 heterocycles. The topological polar surface area (TPSA) is 26.3 Å². The Morgan fingerprint density at radius 2 is 1.76 bits per heavy atom. The quantitative estimate of drug-likeness (QED) is 0.770. The Kier molecular flexibility index (Phi) is 4.81. The summed E-state index contributed by atoms with van der Waals surface area (Å²) in [4.78, 5) is 12.5. The molecule has 0 aliphatic rings. The molecular formula is C17H16F2O2. The number of hydrogen-bond acceptors (Lipinski definition) is 2. The maximum atomic E-state index is 14.0. The average Bonchev–Trinajstić information content (AvgIpc) is 2.51. The minimum absolute atomic E-state index is 0.164. The highest BCUT2D eigenvalue weighted by Crippen LogP contribution is 2.25. The van der Waals surface area contributed by atoms with Crippen LogP contribution in [0.1, 0.15) is 34.5 Å². The van der Waals surface area contributed by atoms with Gasteiger partial charge in [0.15, 0.2) is 17.4 Å². The standard InChI is InChI=1S/C17H16F2O2/c1-3-21-17(12-7-5-4-6-8-12)16(20)13-10-9-11(2)14(18)15(13)19/h4-10,17H,3H2,1-2H3. The highest BCUT2D eigenvalue weighted by Gasteiger charge is 2.26. The van der Waals surface area contributed by atoms with Crippen molar-refractivity contribution >= 4 is 5.78 Å². The van der Waals surface area contributed by atoms with E-state index in [4.69, 9.17) is 4.74 Å². The Labute approximate surface area is 122 Å². The van der Waals surface area contributed by atoms with Gasteiger partial charge in [-0.25, -0.2) is 8.78 Å². The Morgan fingerprint density at radius 1 is 1.10 bits per heavy atom. The Hall–Kier alpha value is -2.07. The van der Waals surface area contributed by atoms with Crippen LogP contribution in [0.2, 0.25) is 0 Å². The van der Waals surface area contributed by atoms with E-state index in [9.17, 15) is 13.6 Å². The molecule has 0 radical (unpaired) electrons. The number of benzene rings is 2. The van der Waals surface area contributed by atoms with Gasteiger partial charge < -0.3 is 4.74 Å². The van der Waals surface area contributed by atoms with Gasteiger partial charge in [-0.15, -0.1) is 0 Å². The first-order chi connectivity index (χ1) is 10.1. The van der Waals surface area contributed by atoms with Crippen molar-refractivity contribution in [2.75, 3.05) is 6.61 Å². The van der Waals surface area contributed by atoms with Crippen molar-refractivity contribution < 1.29 is 18.3 Å². The molecule has 0 fully saturated rings. The molecule has 2 aromatic carbocycles. The lowest BCUT2D eigenvalue weighted by molar-refractivity contribution is 0.0448. The number of aryl methyl sites for hydroxylation is 1. The van der Waals surface area contributed by atoms with Crippen molar-refractivity contribution in [1.82, 2.24) is 0 Å². The van der Waals surface area contributed by atoms with Crippen LogP contribution in [-0.4, -0.2) is 12.4 Å². The summed E-state index contributed by atoms with van der Waals surface area (Å²) in [7, 11) is 0. The highest BCUT2D eigenvalue weighted by atomic mass is 19.2. The molecule has 0 bridgehead atoms. The van der Waals surface area contributed by atoms with Crippen LogP contribution >= 0.6 is 0 Å². The molecule has 1 atom stereocenters. The summed E-state index contributed by atoms with van der Waals surface area (Å²) in [5.74, 6) is -2.70. The van der Waals surface area contributed by atoms with Gasteiger partial charge in [0.25, 0.3) is 0 Å². The zero-order valence-electron chi connectivity index (χ0n) is 11.9. The molecule has 0 spiro atoms. The molecule has 0 aliphatic heterocycles. The summed E-state index contributed by atoms with van der Waals surface area (Å²) in [6.45, 7) is 3.49. The molecule has 0 aromatic heterocycles. The summed E-state index contributed by atoms with van der Waals surface area (Å²) in [6, 6.07) is 11.5. The molecule has 110 valence electrons. The van der Waals surface area contributed by atoms with E-state index in [0.717, 1.165) is 0 Å². The first kappa shape index (κ1) is 15.3. The number of halogens is 2. The van der Waals surface area contributed by atoms with E-state index in [1.165, 1.54) is 19.1 Å². The Morgan fingerprint density at radius 3 is 2.38 bits per heavy atom. The van der Waals surface area contributed by atoms with Crippen molar-refractivity contribution in [2.24, 2.45) is 0 Å². The molecule has 21 heavy (non-hydrogen) atoms. The molecule has 0 amide bonds. The van der Waals surface area contributed by atoms with Crippen LogP contribution in [0, 0.1) is 18.6 Å². The molecule has 0 N–H and O–H groups in total. The fraction of sp³-hybridized carbons (Fsp3) is 0.235. The summed E-state index contributed by atoms with van der Waals surface area (Å²) >= 11 is 0. The van der Waals surface area contributed by atoms with Gasteiger partial charge in [-0.2, -0.15) is 0 Å². The van der Waals surface area contributed by atoms with Crippen LogP contribution in [-0.2, 0) is 4.74 Å². The molecular weight excluding hydrogens is 274 g/mol. The summed E-state index contributed by atoms with van der Waals surface area (Å²) in [6.07, 6.45) is -0.937. The third kappa shape index (κ3) is 3.16. The predicted molar refractivity (Wildman–Crippen MR) is 76.2 cm³/mol. The first-order valence-corrected chi connectivity index (χ1v) is 6.71. The smallest absolute Gasteiger partial charge is 0.199 e. The van der Waals surface area contributed by atoms with Crippen LogP contribution in [0.15, 0.2) is 42.5 Å². The molecule has 2 aromatic rings. The van der Waals surface area contributed by atoms with Crippen LogP contribution in [0.4, 0.5) is 8.78 Å². The summed E-state index contributed by atoms with van der Waals surface area (Å²) in [5.41, 5.74) is 0.488. The SMILES string of the molecule is CCOC(C(=O)c1ccc(C)c(F)c1F)c1ccccc1. The van der Waals surface area contributed by atoms with Gasteiger partial charge in [0.1, 0.15) is 6.10 Å². The predicted octanol–water partition coefficient (Wildman–Crippen LogP) is 4.23. The second kappa shape index (κ2) is 6.59. The van der Waals surface area contributed by atoms with Crippen molar-refractivity contribution in [1.29, 1.82) is 0 Å². The molecule has 0 saturated heterocycles. The first-order valence-electron chi connectivity index (χ1n) is 6.71. The summed E-state index contributed by atoms with van der Waals surface area (Å²) < 4.78 is 33.0. The Bertz CT molecular complexity index is 639. The highest BCUT2D eigenvalue weighted by molar-refractivity contribution is 6.00. The number of carbonyl (C=O) groups excluding carboxylic acids is 1. The van der Waals surface area contributed by atoms with Gasteiger partial charge in [-0.1, -0.05) is 36.4 Å². The van der Waals surface area contributed by atoms with Crippen molar-refractivity contribution in [3.8, 4) is 0 Å². The van der Waals surface area contributed by atoms with E-state index in [2.05, 4.69) is 0 Å². The van der Waals surface area contributed by atoms with E-state index in [1.807, 2.05) is 6.07 Å². The van der Waals surface area contributed by atoms with Crippen LogP contribution in [0.5, 0.6) is 0 Å². The monoisotopic (exact) mass is 290 g/mol. The fourth-order valence-electron chi connectivity index (χ4n) is 2.10. The van der Waals surface area contributed by atoms with Gasteiger partial charge in [-0.3, -0.25) is 4.79 Å². The normalized spacial score (nSPS) is 12.2. The molecule has 4 heteroatoms. The molecule has 0 saturated carbocycles. The Balaban J connectivity index is 2.42. The van der Waals surface area contributed by atoms with Crippen molar-refractivity contribution in [3.63, 3.8) is 0 Å². The van der Waals surface area contributed by atoms with E-state index >= 15 is 0 Å². The van der Waals surface area contributed by atoms with Crippen LogP contribution in [0.25, 0.3) is 0 Å². The lowest BCUT2D eigenvalue weighted by atomic mass is 9.98. The zero-order chi connectivity index (χ0) is 15.4. The van der Waals surface area contributed by atoms with Gasteiger partial charge in [0.05, 0.1) is 5.56 Å². The molecule has 1 unspecified atom stereocenters. The van der Waals surface area contributed by atoms with Crippen molar-refractivity contribution in [2.45, 2.75) is 20.0 Å². The van der Waals surface area contributed by atoms with E-state index in [0.29, 0.717) is 12.2 Å². The maximum absolute atomic E-state index is 14.0. The minimum atomic E-state index is -1.12. The second-order valence-electron chi connectivity index (χ2n) is 4.67. The number of Topliss-reactive ketones (excluding diaryl/α,β-unsaturated/α-hetero) is 1. The fourth-order valence-corrected chi connectivity index (χ4v) is 2.10. The van der Waals surface area contributed by atoms with Crippen LogP contribution in [0.3, 0.4) is 0 Å². The lowest BCUT2D eigenvalue weighted by Gasteiger charge is -2.17. The molecule has 2 rings (SSSR count). The second-order valence-corrected chi connectivity index (χ2v) is 4.67. The van der Waals surface area contributed by atoms with Gasteiger partial charge >= 0.3 is 0 Å². The van der Waals surface area contributed by atoms with Gasteiger partial charge in [0, 0.05) is 6.61 Å². The maximum Gasteiger partial charge on any atom is 0.199 e. The molecule has 2 nitrogen and oxygen atoms in total. The largest absolute Gasteiger partial charge is 0.366 e. The van der Waals surface area contributed by atoms with E-state index in [1.54, 1.807) is 31.2 Å². The van der Waals surface area contributed by atoms with E-state index in [-0.39, 0.29) is 11.1 Å². The molecule has 0 aliphatic carbocycles. The number of carbonyl (C=O) groups is 1. The summed E-state index contributed by atoms with van der Waals surface area (Å²) in [5, 5.41) is 0. The number of ether oxygens (including phenoxy) is 1. The van der Waals surface area contributed by atoms with Crippen molar-refractivity contribution in [3.05, 3.63) is 70.8 Å². The number of rotatable bonds is 5. The van der Waals surface area contributed by atoms with Crippen LogP contribution < -0.4 is 0 Å². The van der Waals surface area contributed by atoms with Gasteiger partial charge in [0.2, 0.25) is 0 Å².